The van der Waals surface area contributed by atoms with E-state index in [1.165, 1.54) is 16.7 Å². The van der Waals surface area contributed by atoms with Crippen molar-refractivity contribution in [3.8, 4) is 5.69 Å². The maximum Gasteiger partial charge on any atom is 0.230 e. The Kier molecular flexibility index (Phi) is 6.01. The van der Waals surface area contributed by atoms with Gasteiger partial charge in [-0.2, -0.15) is 4.68 Å². The van der Waals surface area contributed by atoms with E-state index in [-0.39, 0.29) is 5.91 Å². The lowest BCUT2D eigenvalue weighted by molar-refractivity contribution is -0.118. The molecule has 0 unspecified atom stereocenters. The van der Waals surface area contributed by atoms with Crippen LogP contribution in [-0.2, 0) is 17.1 Å². The van der Waals surface area contributed by atoms with Crippen LogP contribution in [0.1, 0.15) is 22.5 Å². The van der Waals surface area contributed by atoms with Crippen LogP contribution in [0.3, 0.4) is 0 Å². The monoisotopic (exact) mass is 367 g/mol. The molecular weight excluding hydrogens is 346 g/mol. The second kappa shape index (κ2) is 8.62. The zero-order valence-corrected chi connectivity index (χ0v) is 15.7. The Bertz CT molecular complexity index is 879. The van der Waals surface area contributed by atoms with Gasteiger partial charge in [-0.1, -0.05) is 36.4 Å². The van der Waals surface area contributed by atoms with Crippen LogP contribution in [0.25, 0.3) is 5.69 Å². The number of nitrogens with zero attached hydrogens (tertiary/aromatic N) is 4. The smallest absolute Gasteiger partial charge is 0.230 e. The van der Waals surface area contributed by atoms with Crippen molar-refractivity contribution in [2.45, 2.75) is 26.1 Å². The normalized spacial score (nSPS) is 10.7. The van der Waals surface area contributed by atoms with Gasteiger partial charge in [0.05, 0.1) is 18.0 Å². The molecule has 134 valence electrons. The molecule has 1 heterocycles. The quantitative estimate of drug-likeness (QED) is 0.695. The van der Waals surface area contributed by atoms with Gasteiger partial charge >= 0.3 is 0 Å². The number of amides is 1. The molecule has 3 aromatic rings. The summed E-state index contributed by atoms with van der Waals surface area (Å²) in [6.07, 6.45) is 0. The van der Waals surface area contributed by atoms with Crippen molar-refractivity contribution in [3.05, 3.63) is 71.0 Å². The van der Waals surface area contributed by atoms with Gasteiger partial charge in [0.25, 0.3) is 0 Å². The molecule has 2 aromatic carbocycles. The maximum atomic E-state index is 12.1. The van der Waals surface area contributed by atoms with Gasteiger partial charge in [0, 0.05) is 5.75 Å². The molecule has 0 aliphatic rings. The standard InChI is InChI=1S/C19H21N5OS/c1-14-8-9-17(10-15(14)2)24-18(21-22-23-24)11-20-19(25)13-26-12-16-6-4-3-5-7-16/h3-10H,11-13H2,1-2H3,(H,20,25). The van der Waals surface area contributed by atoms with Crippen LogP contribution in [-0.4, -0.2) is 31.9 Å². The topological polar surface area (TPSA) is 72.7 Å². The zero-order chi connectivity index (χ0) is 18.4. The highest BCUT2D eigenvalue weighted by Crippen LogP contribution is 2.14. The number of hydrogen-bond donors (Lipinski definition) is 1. The summed E-state index contributed by atoms with van der Waals surface area (Å²) < 4.78 is 1.66. The molecule has 0 atom stereocenters. The summed E-state index contributed by atoms with van der Waals surface area (Å²) in [6, 6.07) is 16.2. The predicted octanol–water partition coefficient (Wildman–Crippen LogP) is 2.83. The number of rotatable bonds is 7. The Morgan fingerprint density at radius 3 is 2.69 bits per heavy atom. The van der Waals surface area contributed by atoms with E-state index in [1.54, 1.807) is 16.4 Å². The van der Waals surface area contributed by atoms with Crippen molar-refractivity contribution >= 4 is 17.7 Å². The van der Waals surface area contributed by atoms with Crippen LogP contribution in [0.2, 0.25) is 0 Å². The number of carbonyl (C=O) groups excluding carboxylic acids is 1. The van der Waals surface area contributed by atoms with Gasteiger partial charge in [0.15, 0.2) is 5.82 Å². The first-order valence-electron chi connectivity index (χ1n) is 8.37. The lowest BCUT2D eigenvalue weighted by Gasteiger charge is -2.08. The van der Waals surface area contributed by atoms with E-state index in [9.17, 15) is 4.79 Å². The Morgan fingerprint density at radius 2 is 1.92 bits per heavy atom. The Morgan fingerprint density at radius 1 is 1.12 bits per heavy atom. The van der Waals surface area contributed by atoms with Gasteiger partial charge < -0.3 is 5.32 Å². The van der Waals surface area contributed by atoms with Crippen LogP contribution in [0.15, 0.2) is 48.5 Å². The van der Waals surface area contributed by atoms with Gasteiger partial charge in [-0.25, -0.2) is 0 Å². The van der Waals surface area contributed by atoms with E-state index >= 15 is 0 Å². The molecule has 0 saturated heterocycles. The predicted molar refractivity (Wildman–Crippen MR) is 103 cm³/mol. The van der Waals surface area contributed by atoms with E-state index in [0.717, 1.165) is 11.4 Å². The highest BCUT2D eigenvalue weighted by molar-refractivity contribution is 7.99. The summed E-state index contributed by atoms with van der Waals surface area (Å²) in [7, 11) is 0. The fourth-order valence-electron chi connectivity index (χ4n) is 2.44. The van der Waals surface area contributed by atoms with Gasteiger partial charge in [-0.15, -0.1) is 16.9 Å². The minimum absolute atomic E-state index is 0.0273. The maximum absolute atomic E-state index is 12.1. The van der Waals surface area contributed by atoms with Gasteiger partial charge in [0.1, 0.15) is 0 Å². The van der Waals surface area contributed by atoms with Gasteiger partial charge in [0.2, 0.25) is 5.91 Å². The Balaban J connectivity index is 1.53. The molecule has 0 aliphatic heterocycles. The van der Waals surface area contributed by atoms with E-state index in [4.69, 9.17) is 0 Å². The third-order valence-corrected chi connectivity index (χ3v) is 5.06. The van der Waals surface area contributed by atoms with Crippen LogP contribution in [0.4, 0.5) is 0 Å². The zero-order valence-electron chi connectivity index (χ0n) is 14.8. The second-order valence-electron chi connectivity index (χ2n) is 6.03. The van der Waals surface area contributed by atoms with Crippen LogP contribution >= 0.6 is 11.8 Å². The summed E-state index contributed by atoms with van der Waals surface area (Å²) in [5.41, 5.74) is 4.49. The van der Waals surface area contributed by atoms with E-state index in [1.807, 2.05) is 36.4 Å². The van der Waals surface area contributed by atoms with Crippen LogP contribution < -0.4 is 5.32 Å². The first-order chi connectivity index (χ1) is 12.6. The van der Waals surface area contributed by atoms with Crippen molar-refractivity contribution in [1.29, 1.82) is 0 Å². The number of aryl methyl sites for hydroxylation is 2. The molecule has 0 fully saturated rings. The number of aromatic nitrogens is 4. The van der Waals surface area contributed by atoms with Crippen molar-refractivity contribution in [3.63, 3.8) is 0 Å². The number of carbonyl (C=O) groups is 1. The Hall–Kier alpha value is -2.67. The minimum Gasteiger partial charge on any atom is -0.348 e. The number of hydrogen-bond acceptors (Lipinski definition) is 5. The van der Waals surface area contributed by atoms with E-state index in [2.05, 4.69) is 46.8 Å². The molecule has 0 radical (unpaired) electrons. The lowest BCUT2D eigenvalue weighted by Crippen LogP contribution is -2.26. The first kappa shape index (κ1) is 18.1. The van der Waals surface area contributed by atoms with E-state index < -0.39 is 0 Å². The van der Waals surface area contributed by atoms with Crippen molar-refractivity contribution in [1.82, 2.24) is 25.5 Å². The third kappa shape index (κ3) is 4.70. The molecule has 0 bridgehead atoms. The molecule has 3 rings (SSSR count). The number of thioether (sulfide) groups is 1. The average Bonchev–Trinajstić information content (AvgIpc) is 3.12. The summed E-state index contributed by atoms with van der Waals surface area (Å²) in [5.74, 6) is 1.80. The summed E-state index contributed by atoms with van der Waals surface area (Å²) >= 11 is 1.59. The number of benzene rings is 2. The average molecular weight is 367 g/mol. The van der Waals surface area contributed by atoms with Crippen molar-refractivity contribution < 1.29 is 4.79 Å². The van der Waals surface area contributed by atoms with Crippen LogP contribution in [0, 0.1) is 13.8 Å². The second-order valence-corrected chi connectivity index (χ2v) is 7.02. The summed E-state index contributed by atoms with van der Waals surface area (Å²) in [5, 5.41) is 14.7. The molecule has 1 N–H and O–H groups in total. The van der Waals surface area contributed by atoms with E-state index in [0.29, 0.717) is 18.1 Å². The fraction of sp³-hybridized carbons (Fsp3) is 0.263. The first-order valence-corrected chi connectivity index (χ1v) is 9.52. The number of tetrazole rings is 1. The lowest BCUT2D eigenvalue weighted by atomic mass is 10.1. The molecule has 6 nitrogen and oxygen atoms in total. The Labute approximate surface area is 157 Å². The third-order valence-electron chi connectivity index (χ3n) is 4.06. The largest absolute Gasteiger partial charge is 0.348 e. The SMILES string of the molecule is Cc1ccc(-n2nnnc2CNC(=O)CSCc2ccccc2)cc1C. The van der Waals surface area contributed by atoms with Crippen LogP contribution in [0.5, 0.6) is 0 Å². The molecule has 26 heavy (non-hydrogen) atoms. The minimum atomic E-state index is -0.0273. The van der Waals surface area contributed by atoms with Gasteiger partial charge in [-0.3, -0.25) is 4.79 Å². The molecule has 0 spiro atoms. The molecule has 0 aliphatic carbocycles. The molecule has 1 aromatic heterocycles. The van der Waals surface area contributed by atoms with Gasteiger partial charge in [-0.05, 0) is 53.1 Å². The fourth-order valence-corrected chi connectivity index (χ4v) is 3.26. The van der Waals surface area contributed by atoms with Crippen molar-refractivity contribution in [2.24, 2.45) is 0 Å². The highest BCUT2D eigenvalue weighted by Gasteiger charge is 2.10. The molecule has 1 amide bonds. The summed E-state index contributed by atoms with van der Waals surface area (Å²) in [6.45, 7) is 4.41. The number of nitrogens with one attached hydrogen (secondary N) is 1. The molecule has 7 heteroatoms. The highest BCUT2D eigenvalue weighted by atomic mass is 32.2. The summed E-state index contributed by atoms with van der Waals surface area (Å²) in [4.78, 5) is 12.1. The van der Waals surface area contributed by atoms with Crippen molar-refractivity contribution in [2.75, 3.05) is 5.75 Å². The molecular formula is C19H21N5OS. The molecule has 0 saturated carbocycles.